The maximum atomic E-state index is 6.24. The van der Waals surface area contributed by atoms with Gasteiger partial charge in [0.2, 0.25) is 0 Å². The molecule has 5 aromatic rings. The first-order chi connectivity index (χ1) is 21.4. The average molecular weight is 626 g/mol. The van der Waals surface area contributed by atoms with Crippen molar-refractivity contribution in [1.82, 2.24) is 30.0 Å². The van der Waals surface area contributed by atoms with Crippen LogP contribution < -0.4 is 4.74 Å². The van der Waals surface area contributed by atoms with Crippen LogP contribution in [-0.4, -0.2) is 62.7 Å². The van der Waals surface area contributed by atoms with Crippen LogP contribution in [-0.2, 0) is 0 Å². The topological polar surface area (TPSA) is 59.3 Å². The van der Waals surface area contributed by atoms with E-state index in [-0.39, 0.29) is 6.04 Å². The van der Waals surface area contributed by atoms with E-state index >= 15 is 0 Å². The monoisotopic (exact) mass is 624 g/mol. The summed E-state index contributed by atoms with van der Waals surface area (Å²) in [5.41, 5.74) is 5.48. The second kappa shape index (κ2) is 13.7. The Bertz CT molecular complexity index is 1710. The van der Waals surface area contributed by atoms with E-state index in [0.717, 1.165) is 60.9 Å². The predicted octanol–water partition coefficient (Wildman–Crippen LogP) is 7.80. The van der Waals surface area contributed by atoms with E-state index in [1.807, 2.05) is 22.9 Å². The first-order valence-corrected chi connectivity index (χ1v) is 15.5. The Morgan fingerprint density at radius 1 is 0.795 bits per heavy atom. The summed E-state index contributed by atoms with van der Waals surface area (Å²) in [4.78, 5) is 4.94. The van der Waals surface area contributed by atoms with Crippen molar-refractivity contribution in [2.24, 2.45) is 0 Å². The lowest BCUT2D eigenvalue weighted by atomic mass is 10.0. The summed E-state index contributed by atoms with van der Waals surface area (Å²) in [6.07, 6.45) is 4.43. The maximum Gasteiger partial charge on any atom is 0.178 e. The predicted molar refractivity (Wildman–Crippen MR) is 177 cm³/mol. The van der Waals surface area contributed by atoms with Gasteiger partial charge < -0.3 is 4.74 Å². The fourth-order valence-electron chi connectivity index (χ4n) is 5.76. The molecule has 0 aliphatic carbocycles. The van der Waals surface area contributed by atoms with E-state index in [0.29, 0.717) is 21.5 Å². The molecule has 1 atom stereocenters. The third kappa shape index (κ3) is 7.03. The Hall–Kier alpha value is -4.01. The Kier molecular flexibility index (Phi) is 9.38. The van der Waals surface area contributed by atoms with Gasteiger partial charge in [0.05, 0.1) is 11.7 Å². The standard InChI is InChI=1S/C35H34Cl2N6O/c1-25-9-6-10-26(2)33(25)43-35(38-39-40-43)34(28-14-7-15-31(21-28)44-32-23-29(36)22-30(37)24-32)42-19-17-41(18-20-42)16-8-13-27-11-4-3-5-12-27/h3-15,21-24,34H,16-20H2,1-2H3/t34-/m0/s1. The summed E-state index contributed by atoms with van der Waals surface area (Å²) >= 11 is 12.5. The van der Waals surface area contributed by atoms with Gasteiger partial charge in [0.15, 0.2) is 5.82 Å². The summed E-state index contributed by atoms with van der Waals surface area (Å²) < 4.78 is 8.12. The fraction of sp³-hybridized carbons (Fsp3) is 0.229. The highest BCUT2D eigenvalue weighted by Crippen LogP contribution is 2.34. The quantitative estimate of drug-likeness (QED) is 0.167. The second-order valence-corrected chi connectivity index (χ2v) is 11.9. The molecule has 6 rings (SSSR count). The molecule has 4 aromatic carbocycles. The van der Waals surface area contributed by atoms with Crippen LogP contribution in [0.15, 0.2) is 97.1 Å². The number of aromatic nitrogens is 4. The van der Waals surface area contributed by atoms with Gasteiger partial charge in [-0.2, -0.15) is 4.68 Å². The highest BCUT2D eigenvalue weighted by atomic mass is 35.5. The molecule has 2 heterocycles. The van der Waals surface area contributed by atoms with E-state index < -0.39 is 0 Å². The van der Waals surface area contributed by atoms with Crippen LogP contribution in [0.5, 0.6) is 11.5 Å². The number of hydrogen-bond donors (Lipinski definition) is 0. The molecule has 1 aromatic heterocycles. The van der Waals surface area contributed by atoms with Crippen LogP contribution in [0, 0.1) is 13.8 Å². The first-order valence-electron chi connectivity index (χ1n) is 14.7. The molecule has 224 valence electrons. The van der Waals surface area contributed by atoms with Gasteiger partial charge in [-0.15, -0.1) is 5.10 Å². The van der Waals surface area contributed by atoms with E-state index in [9.17, 15) is 0 Å². The highest BCUT2D eigenvalue weighted by Gasteiger charge is 2.31. The third-order valence-corrected chi connectivity index (χ3v) is 8.32. The average Bonchev–Trinajstić information content (AvgIpc) is 3.47. The summed E-state index contributed by atoms with van der Waals surface area (Å²) in [5.74, 6) is 2.03. The van der Waals surface area contributed by atoms with Gasteiger partial charge in [0.25, 0.3) is 0 Å². The van der Waals surface area contributed by atoms with Crippen molar-refractivity contribution < 1.29 is 4.74 Å². The lowest BCUT2D eigenvalue weighted by Crippen LogP contribution is -2.48. The number of ether oxygens (including phenoxy) is 1. The lowest BCUT2D eigenvalue weighted by Gasteiger charge is -2.38. The molecule has 1 aliphatic rings. The molecule has 0 radical (unpaired) electrons. The fourth-order valence-corrected chi connectivity index (χ4v) is 6.27. The van der Waals surface area contributed by atoms with Crippen LogP contribution in [0.25, 0.3) is 11.8 Å². The van der Waals surface area contributed by atoms with Crippen molar-refractivity contribution in [1.29, 1.82) is 0 Å². The zero-order valence-corrected chi connectivity index (χ0v) is 26.3. The molecule has 9 heteroatoms. The Morgan fingerprint density at radius 2 is 1.50 bits per heavy atom. The Morgan fingerprint density at radius 3 is 2.23 bits per heavy atom. The first kappa shape index (κ1) is 30.0. The van der Waals surface area contributed by atoms with Crippen molar-refractivity contribution in [2.45, 2.75) is 19.9 Å². The maximum absolute atomic E-state index is 6.24. The minimum Gasteiger partial charge on any atom is -0.457 e. The molecule has 1 saturated heterocycles. The molecule has 0 N–H and O–H groups in total. The minimum absolute atomic E-state index is 0.197. The molecule has 1 fully saturated rings. The van der Waals surface area contributed by atoms with Crippen molar-refractivity contribution in [3.63, 3.8) is 0 Å². The number of rotatable bonds is 9. The van der Waals surface area contributed by atoms with E-state index in [4.69, 9.17) is 27.9 Å². The molecule has 1 aliphatic heterocycles. The SMILES string of the molecule is Cc1cccc(C)c1-n1nnnc1[C@H](c1cccc(Oc2cc(Cl)cc(Cl)c2)c1)N1CCN(CC=Cc2ccccc2)CC1. The molecule has 0 bridgehead atoms. The smallest absolute Gasteiger partial charge is 0.178 e. The molecular weight excluding hydrogens is 591 g/mol. The van der Waals surface area contributed by atoms with E-state index in [1.165, 1.54) is 5.56 Å². The number of piperazine rings is 1. The Balaban J connectivity index is 1.30. The largest absolute Gasteiger partial charge is 0.457 e. The highest BCUT2D eigenvalue weighted by molar-refractivity contribution is 6.34. The van der Waals surface area contributed by atoms with Gasteiger partial charge in [0.1, 0.15) is 11.5 Å². The number of aryl methyl sites for hydroxylation is 2. The second-order valence-electron chi connectivity index (χ2n) is 11.0. The van der Waals surface area contributed by atoms with Crippen molar-refractivity contribution in [2.75, 3.05) is 32.7 Å². The Labute approximate surface area is 268 Å². The van der Waals surface area contributed by atoms with Crippen LogP contribution in [0.4, 0.5) is 0 Å². The van der Waals surface area contributed by atoms with Crippen molar-refractivity contribution in [3.8, 4) is 17.2 Å². The summed E-state index contributed by atoms with van der Waals surface area (Å²) in [5, 5.41) is 14.3. The number of para-hydroxylation sites is 1. The minimum atomic E-state index is -0.197. The van der Waals surface area contributed by atoms with Gasteiger partial charge in [-0.3, -0.25) is 9.80 Å². The number of halogens is 2. The van der Waals surface area contributed by atoms with Crippen LogP contribution in [0.1, 0.15) is 34.1 Å². The van der Waals surface area contributed by atoms with Crippen LogP contribution in [0.3, 0.4) is 0 Å². The van der Waals surface area contributed by atoms with Gasteiger partial charge in [-0.05, 0) is 76.9 Å². The molecule has 0 unspecified atom stereocenters. The summed E-state index contributed by atoms with van der Waals surface area (Å²) in [6, 6.07) is 29.8. The zero-order valence-electron chi connectivity index (χ0n) is 24.8. The number of nitrogens with zero attached hydrogens (tertiary/aromatic N) is 6. The summed E-state index contributed by atoms with van der Waals surface area (Å²) in [7, 11) is 0. The third-order valence-electron chi connectivity index (χ3n) is 7.88. The molecule has 7 nitrogen and oxygen atoms in total. The van der Waals surface area contributed by atoms with Crippen molar-refractivity contribution >= 4 is 29.3 Å². The van der Waals surface area contributed by atoms with E-state index in [2.05, 4.69) is 106 Å². The molecular formula is C35H34Cl2N6O. The van der Waals surface area contributed by atoms with Gasteiger partial charge in [-0.1, -0.05) is 96.0 Å². The van der Waals surface area contributed by atoms with E-state index in [1.54, 1.807) is 18.2 Å². The molecule has 44 heavy (non-hydrogen) atoms. The lowest BCUT2D eigenvalue weighted by molar-refractivity contribution is 0.113. The molecule has 0 saturated carbocycles. The van der Waals surface area contributed by atoms with Crippen LogP contribution in [0.2, 0.25) is 10.0 Å². The number of hydrogen-bond acceptors (Lipinski definition) is 6. The number of tetrazole rings is 1. The molecule has 0 spiro atoms. The summed E-state index contributed by atoms with van der Waals surface area (Å²) in [6.45, 7) is 8.66. The van der Waals surface area contributed by atoms with Crippen LogP contribution >= 0.6 is 23.2 Å². The van der Waals surface area contributed by atoms with Gasteiger partial charge in [-0.25, -0.2) is 0 Å². The van der Waals surface area contributed by atoms with Crippen molar-refractivity contribution in [3.05, 3.63) is 135 Å². The normalized spacial score (nSPS) is 15.1. The molecule has 0 amide bonds. The number of benzene rings is 4. The van der Waals surface area contributed by atoms with Gasteiger partial charge >= 0.3 is 0 Å². The van der Waals surface area contributed by atoms with Gasteiger partial charge in [0, 0.05) is 42.8 Å². The zero-order chi connectivity index (χ0) is 30.5.